The molecule has 0 saturated heterocycles. The minimum Gasteiger partial charge on any atom is -0.340 e. The molecular weight excluding hydrogens is 282 g/mol. The van der Waals surface area contributed by atoms with E-state index in [1.807, 2.05) is 32.2 Å². The molecule has 0 unspecified atom stereocenters. The van der Waals surface area contributed by atoms with Gasteiger partial charge in [-0.1, -0.05) is 6.07 Å². The van der Waals surface area contributed by atoms with Crippen LogP contribution in [0, 0.1) is 6.92 Å². The van der Waals surface area contributed by atoms with E-state index in [2.05, 4.69) is 26.2 Å². The minimum atomic E-state index is -0.211. The first-order chi connectivity index (χ1) is 8.06. The highest BCUT2D eigenvalue weighted by Gasteiger charge is 2.10. The van der Waals surface area contributed by atoms with Crippen LogP contribution in [0.15, 0.2) is 35.2 Å². The van der Waals surface area contributed by atoms with Crippen molar-refractivity contribution < 1.29 is 4.79 Å². The van der Waals surface area contributed by atoms with E-state index in [1.165, 1.54) is 0 Å². The van der Waals surface area contributed by atoms with Gasteiger partial charge in [0.05, 0.1) is 12.0 Å². The van der Waals surface area contributed by atoms with E-state index in [4.69, 9.17) is 0 Å². The Morgan fingerprint density at radius 1 is 1.47 bits per heavy atom. The normalized spacial score (nSPS) is 10.3. The van der Waals surface area contributed by atoms with Gasteiger partial charge in [-0.3, -0.25) is 4.79 Å². The summed E-state index contributed by atoms with van der Waals surface area (Å²) in [4.78, 5) is 15.9. The average molecular weight is 294 g/mol. The lowest BCUT2D eigenvalue weighted by molar-refractivity contribution is 0.102. The molecule has 0 saturated carbocycles. The minimum absolute atomic E-state index is 0.211. The lowest BCUT2D eigenvalue weighted by atomic mass is 10.2. The molecule has 17 heavy (non-hydrogen) atoms. The SMILES string of the molecule is Cc1ccc(Br)c(NC(=O)c2cn(C)cn2)c1. The van der Waals surface area contributed by atoms with Crippen molar-refractivity contribution in [3.8, 4) is 0 Å². The zero-order chi connectivity index (χ0) is 12.4. The van der Waals surface area contributed by atoms with E-state index in [0.717, 1.165) is 15.7 Å². The lowest BCUT2D eigenvalue weighted by Gasteiger charge is -2.06. The zero-order valence-electron chi connectivity index (χ0n) is 9.57. The Morgan fingerprint density at radius 2 is 2.24 bits per heavy atom. The van der Waals surface area contributed by atoms with Crippen LogP contribution in [0.1, 0.15) is 16.1 Å². The fourth-order valence-corrected chi connectivity index (χ4v) is 1.80. The van der Waals surface area contributed by atoms with Gasteiger partial charge in [0.25, 0.3) is 5.91 Å². The molecule has 1 amide bonds. The van der Waals surface area contributed by atoms with Crippen molar-refractivity contribution in [2.75, 3.05) is 5.32 Å². The Bertz CT molecular complexity index is 563. The van der Waals surface area contributed by atoms with Gasteiger partial charge in [0.2, 0.25) is 0 Å². The maximum atomic E-state index is 11.9. The third-order valence-corrected chi connectivity index (χ3v) is 3.00. The van der Waals surface area contributed by atoms with Crippen molar-refractivity contribution in [1.29, 1.82) is 0 Å². The van der Waals surface area contributed by atoms with Crippen molar-refractivity contribution in [1.82, 2.24) is 9.55 Å². The van der Waals surface area contributed by atoms with Gasteiger partial charge in [0, 0.05) is 17.7 Å². The van der Waals surface area contributed by atoms with Gasteiger partial charge in [-0.15, -0.1) is 0 Å². The topological polar surface area (TPSA) is 46.9 Å². The van der Waals surface area contributed by atoms with Crippen LogP contribution in [0.5, 0.6) is 0 Å². The van der Waals surface area contributed by atoms with E-state index in [0.29, 0.717) is 5.69 Å². The number of nitrogens with one attached hydrogen (secondary N) is 1. The molecule has 0 radical (unpaired) electrons. The number of carbonyl (C=O) groups excluding carboxylic acids is 1. The molecule has 0 atom stereocenters. The second-order valence-electron chi connectivity index (χ2n) is 3.86. The number of anilines is 1. The molecule has 0 aliphatic rings. The van der Waals surface area contributed by atoms with Crippen LogP contribution in [-0.4, -0.2) is 15.5 Å². The van der Waals surface area contributed by atoms with Crippen molar-refractivity contribution in [3.05, 3.63) is 46.5 Å². The molecule has 2 aromatic rings. The molecule has 5 heteroatoms. The highest BCUT2D eigenvalue weighted by molar-refractivity contribution is 9.10. The Labute approximate surface area is 108 Å². The number of hydrogen-bond acceptors (Lipinski definition) is 2. The van der Waals surface area contributed by atoms with Crippen LogP contribution in [0.3, 0.4) is 0 Å². The largest absolute Gasteiger partial charge is 0.340 e. The molecule has 1 aromatic carbocycles. The summed E-state index contributed by atoms with van der Waals surface area (Å²) in [5.74, 6) is -0.211. The summed E-state index contributed by atoms with van der Waals surface area (Å²) in [6, 6.07) is 5.79. The third kappa shape index (κ3) is 2.74. The quantitative estimate of drug-likeness (QED) is 0.925. The predicted octanol–water partition coefficient (Wildman–Crippen LogP) is 2.74. The van der Waals surface area contributed by atoms with E-state index in [-0.39, 0.29) is 5.91 Å². The van der Waals surface area contributed by atoms with Crippen molar-refractivity contribution in [2.45, 2.75) is 6.92 Å². The summed E-state index contributed by atoms with van der Waals surface area (Å²) in [6.45, 7) is 1.98. The zero-order valence-corrected chi connectivity index (χ0v) is 11.2. The van der Waals surface area contributed by atoms with Crippen LogP contribution >= 0.6 is 15.9 Å². The van der Waals surface area contributed by atoms with Gasteiger partial charge in [0.15, 0.2) is 0 Å². The number of halogens is 1. The predicted molar refractivity (Wildman–Crippen MR) is 70.0 cm³/mol. The lowest BCUT2D eigenvalue weighted by Crippen LogP contribution is -2.12. The smallest absolute Gasteiger partial charge is 0.275 e. The molecule has 0 bridgehead atoms. The standard InChI is InChI=1S/C12H12BrN3O/c1-8-3-4-9(13)10(5-8)15-12(17)11-6-16(2)7-14-11/h3-7H,1-2H3,(H,15,17). The molecule has 0 spiro atoms. The van der Waals surface area contributed by atoms with Gasteiger partial charge in [-0.25, -0.2) is 4.98 Å². The average Bonchev–Trinajstić information content (AvgIpc) is 2.70. The number of carbonyl (C=O) groups is 1. The van der Waals surface area contributed by atoms with E-state index in [1.54, 1.807) is 17.1 Å². The molecule has 0 aliphatic carbocycles. The molecule has 1 heterocycles. The molecule has 0 fully saturated rings. The highest BCUT2D eigenvalue weighted by Crippen LogP contribution is 2.23. The third-order valence-electron chi connectivity index (χ3n) is 2.31. The first-order valence-electron chi connectivity index (χ1n) is 5.12. The second kappa shape index (κ2) is 4.71. The van der Waals surface area contributed by atoms with Gasteiger partial charge in [0.1, 0.15) is 5.69 Å². The molecule has 1 aromatic heterocycles. The fourth-order valence-electron chi connectivity index (χ4n) is 1.45. The van der Waals surface area contributed by atoms with Crippen molar-refractivity contribution >= 4 is 27.5 Å². The number of aryl methyl sites for hydroxylation is 2. The monoisotopic (exact) mass is 293 g/mol. The number of imidazole rings is 1. The number of amides is 1. The fraction of sp³-hybridized carbons (Fsp3) is 0.167. The Morgan fingerprint density at radius 3 is 2.88 bits per heavy atom. The highest BCUT2D eigenvalue weighted by atomic mass is 79.9. The number of aromatic nitrogens is 2. The first-order valence-corrected chi connectivity index (χ1v) is 5.91. The second-order valence-corrected chi connectivity index (χ2v) is 4.72. The van der Waals surface area contributed by atoms with E-state index in [9.17, 15) is 4.79 Å². The molecule has 0 aliphatic heterocycles. The number of rotatable bonds is 2. The molecule has 2 rings (SSSR count). The van der Waals surface area contributed by atoms with Crippen LogP contribution in [0.4, 0.5) is 5.69 Å². The summed E-state index contributed by atoms with van der Waals surface area (Å²) in [5.41, 5.74) is 2.24. The van der Waals surface area contributed by atoms with Crippen LogP contribution in [0.2, 0.25) is 0 Å². The maximum Gasteiger partial charge on any atom is 0.275 e. The van der Waals surface area contributed by atoms with E-state index >= 15 is 0 Å². The van der Waals surface area contributed by atoms with Gasteiger partial charge >= 0.3 is 0 Å². The number of hydrogen-bond donors (Lipinski definition) is 1. The molecule has 1 N–H and O–H groups in total. The molecule has 88 valence electrons. The maximum absolute atomic E-state index is 11.9. The first kappa shape index (κ1) is 11.9. The van der Waals surface area contributed by atoms with Gasteiger partial charge in [-0.05, 0) is 40.5 Å². The summed E-state index contributed by atoms with van der Waals surface area (Å²) < 4.78 is 2.59. The molecule has 4 nitrogen and oxygen atoms in total. The Kier molecular flexibility index (Phi) is 3.28. The van der Waals surface area contributed by atoms with Crippen LogP contribution in [-0.2, 0) is 7.05 Å². The van der Waals surface area contributed by atoms with Gasteiger partial charge in [-0.2, -0.15) is 0 Å². The van der Waals surface area contributed by atoms with Crippen molar-refractivity contribution in [2.24, 2.45) is 7.05 Å². The Hall–Kier alpha value is -1.62. The Balaban J connectivity index is 2.21. The summed E-state index contributed by atoms with van der Waals surface area (Å²) in [5, 5.41) is 2.82. The van der Waals surface area contributed by atoms with E-state index < -0.39 is 0 Å². The number of nitrogens with zero attached hydrogens (tertiary/aromatic N) is 2. The number of benzene rings is 1. The van der Waals surface area contributed by atoms with Crippen LogP contribution < -0.4 is 5.32 Å². The van der Waals surface area contributed by atoms with Crippen molar-refractivity contribution in [3.63, 3.8) is 0 Å². The summed E-state index contributed by atoms with van der Waals surface area (Å²) in [6.07, 6.45) is 3.28. The summed E-state index contributed by atoms with van der Waals surface area (Å²) >= 11 is 3.40. The molecular formula is C12H12BrN3O. The summed E-state index contributed by atoms with van der Waals surface area (Å²) in [7, 11) is 1.83. The van der Waals surface area contributed by atoms with Gasteiger partial charge < -0.3 is 9.88 Å². The van der Waals surface area contributed by atoms with Crippen LogP contribution in [0.25, 0.3) is 0 Å².